The molecule has 1 heterocycles. The number of aromatic nitrogens is 2. The van der Waals surface area contributed by atoms with Crippen LogP contribution in [0.3, 0.4) is 0 Å². The van der Waals surface area contributed by atoms with Crippen molar-refractivity contribution in [3.63, 3.8) is 0 Å². The lowest BCUT2D eigenvalue weighted by Gasteiger charge is -2.16. The average molecular weight is 577 g/mol. The highest BCUT2D eigenvalue weighted by atomic mass is 32.2. The number of hydrogen-bond donors (Lipinski definition) is 4. The Kier molecular flexibility index (Phi) is 9.37. The number of nitrogens with zero attached hydrogens (tertiary/aromatic N) is 3. The molecule has 11 nitrogen and oxygen atoms in total. The van der Waals surface area contributed by atoms with E-state index in [0.717, 1.165) is 11.3 Å². The van der Waals surface area contributed by atoms with Gasteiger partial charge >= 0.3 is 0 Å². The van der Waals surface area contributed by atoms with Gasteiger partial charge in [0.15, 0.2) is 27.2 Å². The summed E-state index contributed by atoms with van der Waals surface area (Å²) in [4.78, 5) is 9.29. The van der Waals surface area contributed by atoms with E-state index in [4.69, 9.17) is 9.47 Å². The molecule has 0 saturated heterocycles. The molecular formula is C29H32N6O5S. The first kappa shape index (κ1) is 29.3. The maximum Gasteiger partial charge on any atom is 0.231 e. The Morgan fingerprint density at radius 2 is 1.61 bits per heavy atom. The van der Waals surface area contributed by atoms with Crippen LogP contribution in [0.4, 0.5) is 23.3 Å². The predicted molar refractivity (Wildman–Crippen MR) is 160 cm³/mol. The molecule has 41 heavy (non-hydrogen) atoms. The Labute approximate surface area is 239 Å². The van der Waals surface area contributed by atoms with Crippen LogP contribution in [0.2, 0.25) is 0 Å². The molecule has 0 aliphatic rings. The van der Waals surface area contributed by atoms with Crippen molar-refractivity contribution in [2.24, 2.45) is 5.10 Å². The minimum atomic E-state index is -3.29. The fourth-order valence-corrected chi connectivity index (χ4v) is 4.46. The van der Waals surface area contributed by atoms with Gasteiger partial charge in [0.1, 0.15) is 5.82 Å². The molecule has 0 aliphatic heterocycles. The largest absolute Gasteiger partial charge is 0.493 e. The van der Waals surface area contributed by atoms with Crippen molar-refractivity contribution in [3.05, 3.63) is 90.0 Å². The molecule has 1 unspecified atom stereocenters. The number of hydrogen-bond acceptors (Lipinski definition) is 11. The molecule has 214 valence electrons. The van der Waals surface area contributed by atoms with Gasteiger partial charge in [-0.2, -0.15) is 15.1 Å². The van der Waals surface area contributed by atoms with Crippen molar-refractivity contribution in [2.75, 3.05) is 43.1 Å². The highest BCUT2D eigenvalue weighted by molar-refractivity contribution is 7.90. The smallest absolute Gasteiger partial charge is 0.231 e. The SMILES string of the molecule is COc1ccc(C(O)CNc2cc(NN=C(C)c3ccc(S(C)(=O)=O)cc3)nc(Nc3ccccc3)n2)cc1OC. The first-order valence-corrected chi connectivity index (χ1v) is 14.5. The summed E-state index contributed by atoms with van der Waals surface area (Å²) in [6, 6.07) is 22.9. The molecule has 0 aliphatic carbocycles. The molecule has 3 aromatic carbocycles. The van der Waals surface area contributed by atoms with Crippen LogP contribution >= 0.6 is 0 Å². The van der Waals surface area contributed by atoms with Gasteiger partial charge in [0, 0.05) is 24.6 Å². The summed E-state index contributed by atoms with van der Waals surface area (Å²) in [6.45, 7) is 1.96. The highest BCUT2D eigenvalue weighted by Crippen LogP contribution is 2.30. The number of aliphatic hydroxyl groups is 1. The van der Waals surface area contributed by atoms with E-state index < -0.39 is 15.9 Å². The molecule has 4 N–H and O–H groups in total. The Morgan fingerprint density at radius 1 is 0.927 bits per heavy atom. The van der Waals surface area contributed by atoms with Crippen LogP contribution in [0.5, 0.6) is 11.5 Å². The lowest BCUT2D eigenvalue weighted by molar-refractivity contribution is 0.191. The van der Waals surface area contributed by atoms with Crippen LogP contribution in [0.15, 0.2) is 88.9 Å². The molecule has 1 atom stereocenters. The zero-order valence-electron chi connectivity index (χ0n) is 23.1. The van der Waals surface area contributed by atoms with Gasteiger partial charge in [0.2, 0.25) is 5.95 Å². The summed E-state index contributed by atoms with van der Waals surface area (Å²) in [6.07, 6.45) is 0.306. The third kappa shape index (κ3) is 7.93. The van der Waals surface area contributed by atoms with Crippen molar-refractivity contribution in [1.29, 1.82) is 0 Å². The van der Waals surface area contributed by atoms with Gasteiger partial charge in [-0.3, -0.25) is 5.43 Å². The van der Waals surface area contributed by atoms with Crippen LogP contribution in [0.1, 0.15) is 24.2 Å². The summed E-state index contributed by atoms with van der Waals surface area (Å²) < 4.78 is 34.1. The molecule has 12 heteroatoms. The van der Waals surface area contributed by atoms with Gasteiger partial charge in [-0.05, 0) is 54.4 Å². The summed E-state index contributed by atoms with van der Waals surface area (Å²) in [5.74, 6) is 2.25. The number of rotatable bonds is 12. The Bertz CT molecular complexity index is 1610. The molecule has 0 amide bonds. The second-order valence-electron chi connectivity index (χ2n) is 9.07. The second kappa shape index (κ2) is 13.1. The average Bonchev–Trinajstić information content (AvgIpc) is 2.98. The van der Waals surface area contributed by atoms with E-state index in [1.54, 1.807) is 62.6 Å². The lowest BCUT2D eigenvalue weighted by atomic mass is 10.1. The molecule has 0 radical (unpaired) electrons. The summed E-state index contributed by atoms with van der Waals surface area (Å²) in [5, 5.41) is 21.6. The Balaban J connectivity index is 1.54. The van der Waals surface area contributed by atoms with Crippen molar-refractivity contribution < 1.29 is 23.0 Å². The third-order valence-corrected chi connectivity index (χ3v) is 7.19. The zero-order chi connectivity index (χ0) is 29.4. The van der Waals surface area contributed by atoms with Gasteiger partial charge in [0.25, 0.3) is 0 Å². The van der Waals surface area contributed by atoms with Crippen molar-refractivity contribution in [3.8, 4) is 11.5 Å². The molecule has 1 aromatic heterocycles. The quantitative estimate of drug-likeness (QED) is 0.139. The first-order valence-electron chi connectivity index (χ1n) is 12.6. The van der Waals surface area contributed by atoms with Crippen LogP contribution < -0.4 is 25.5 Å². The van der Waals surface area contributed by atoms with Crippen LogP contribution in [-0.4, -0.2) is 56.2 Å². The minimum absolute atomic E-state index is 0.158. The Hall–Kier alpha value is -4.68. The standard InChI is InChI=1S/C29H32N6O5S/c1-19(20-10-13-23(14-11-20)41(4,37)38)34-35-28-17-27(32-29(33-28)31-22-8-6-5-7-9-22)30-18-24(36)21-12-15-25(39-2)26(16-21)40-3/h5-17,24,36H,18H2,1-4H3,(H3,30,31,32,33,35). The number of ether oxygens (including phenoxy) is 2. The van der Waals surface area contributed by atoms with E-state index in [2.05, 4.69) is 31.1 Å². The van der Waals surface area contributed by atoms with E-state index >= 15 is 0 Å². The van der Waals surface area contributed by atoms with Gasteiger partial charge < -0.3 is 25.2 Å². The van der Waals surface area contributed by atoms with Crippen molar-refractivity contribution >= 4 is 38.8 Å². The molecule has 4 rings (SSSR count). The van der Waals surface area contributed by atoms with Gasteiger partial charge in [-0.15, -0.1) is 0 Å². The molecule has 0 bridgehead atoms. The van der Waals surface area contributed by atoms with Crippen molar-refractivity contribution in [2.45, 2.75) is 17.9 Å². The van der Waals surface area contributed by atoms with E-state index in [1.165, 1.54) is 13.4 Å². The number of sulfone groups is 1. The van der Waals surface area contributed by atoms with E-state index in [9.17, 15) is 13.5 Å². The fraction of sp³-hybridized carbons (Fsp3) is 0.207. The van der Waals surface area contributed by atoms with E-state index in [-0.39, 0.29) is 11.4 Å². The normalized spacial score (nSPS) is 12.4. The number of methoxy groups -OCH3 is 2. The van der Waals surface area contributed by atoms with Gasteiger partial charge in [-0.1, -0.05) is 36.4 Å². The fourth-order valence-electron chi connectivity index (χ4n) is 3.83. The minimum Gasteiger partial charge on any atom is -0.493 e. The molecular weight excluding hydrogens is 544 g/mol. The van der Waals surface area contributed by atoms with Crippen LogP contribution in [0.25, 0.3) is 0 Å². The van der Waals surface area contributed by atoms with Crippen LogP contribution in [0, 0.1) is 0 Å². The lowest BCUT2D eigenvalue weighted by Crippen LogP contribution is -2.14. The summed E-state index contributed by atoms with van der Waals surface area (Å²) in [5.41, 5.74) is 5.76. The maximum absolute atomic E-state index is 11.8. The van der Waals surface area contributed by atoms with Crippen molar-refractivity contribution in [1.82, 2.24) is 9.97 Å². The third-order valence-electron chi connectivity index (χ3n) is 6.06. The maximum atomic E-state index is 11.8. The second-order valence-corrected chi connectivity index (χ2v) is 11.1. The number of aliphatic hydroxyl groups excluding tert-OH is 1. The Morgan fingerprint density at radius 3 is 2.27 bits per heavy atom. The van der Waals surface area contributed by atoms with Gasteiger partial charge in [-0.25, -0.2) is 8.42 Å². The van der Waals surface area contributed by atoms with E-state index in [1.807, 2.05) is 30.3 Å². The van der Waals surface area contributed by atoms with Crippen LogP contribution in [-0.2, 0) is 9.84 Å². The highest BCUT2D eigenvalue weighted by Gasteiger charge is 2.13. The molecule has 0 saturated carbocycles. The topological polar surface area (TPSA) is 147 Å². The summed E-state index contributed by atoms with van der Waals surface area (Å²) in [7, 11) is -0.196. The predicted octanol–water partition coefficient (Wildman–Crippen LogP) is 4.62. The number of hydrazone groups is 1. The molecule has 0 spiro atoms. The van der Waals surface area contributed by atoms with Gasteiger partial charge in [0.05, 0.1) is 30.9 Å². The van der Waals surface area contributed by atoms with E-state index in [0.29, 0.717) is 40.4 Å². The number of nitrogens with one attached hydrogen (secondary N) is 3. The number of benzene rings is 3. The number of para-hydroxylation sites is 1. The summed E-state index contributed by atoms with van der Waals surface area (Å²) >= 11 is 0. The monoisotopic (exact) mass is 576 g/mol. The molecule has 4 aromatic rings. The molecule has 0 fully saturated rings. The first-order chi connectivity index (χ1) is 19.7. The number of anilines is 4. The zero-order valence-corrected chi connectivity index (χ0v) is 23.9.